The number of amides is 1. The van der Waals surface area contributed by atoms with Crippen LogP contribution in [-0.2, 0) is 19.1 Å². The maximum Gasteiger partial charge on any atom is 0.404 e. The topological polar surface area (TPSA) is 197 Å². The average Bonchev–Trinajstić information content (AvgIpc) is 2.97. The zero-order chi connectivity index (χ0) is 35.9. The Morgan fingerprint density at radius 3 is 2.07 bits per heavy atom. The highest BCUT2D eigenvalue weighted by Gasteiger charge is 2.41. The average molecular weight is 654 g/mol. The van der Waals surface area contributed by atoms with Crippen LogP contribution in [0.1, 0.15) is 75.2 Å². The zero-order valence-electron chi connectivity index (χ0n) is 28.9. The van der Waals surface area contributed by atoms with Gasteiger partial charge in [-0.2, -0.15) is 0 Å². The summed E-state index contributed by atoms with van der Waals surface area (Å²) in [6, 6.07) is 0. The van der Waals surface area contributed by atoms with Crippen LogP contribution in [0, 0.1) is 41.4 Å². The number of carbonyl (C=O) groups is 3. The fourth-order valence-corrected chi connectivity index (χ4v) is 5.80. The molecule has 11 heteroatoms. The number of primary amides is 1. The van der Waals surface area contributed by atoms with Gasteiger partial charge in [-0.05, 0) is 26.2 Å². The van der Waals surface area contributed by atoms with Gasteiger partial charge in [0.1, 0.15) is 12.2 Å². The molecule has 11 nitrogen and oxygen atoms in total. The Kier molecular flexibility index (Phi) is 19.6. The quantitative estimate of drug-likeness (QED) is 0.0790. The Hall–Kier alpha value is -2.99. The second kappa shape index (κ2) is 21.0. The minimum Gasteiger partial charge on any atom is -0.481 e. The zero-order valence-corrected chi connectivity index (χ0v) is 28.9. The summed E-state index contributed by atoms with van der Waals surface area (Å²) < 4.78 is 10.8. The van der Waals surface area contributed by atoms with Crippen LogP contribution in [0.4, 0.5) is 4.79 Å². The van der Waals surface area contributed by atoms with Crippen molar-refractivity contribution < 1.29 is 49.4 Å². The SMILES string of the molecule is C=C/C=C\[C@H](C)[C@H](OC(N)=O)[C@@H](C)[C@H](O)[C@@H](C)C/C(C)=C\[C@H](C)[C@@H](O)[C@@H](C)/C=C\[C@@H](O)C[C@@H]1OC(=O)[C@H](C)[C@@H](O)[C@H]1C.CC(=O)O. The highest BCUT2D eigenvalue weighted by molar-refractivity contribution is 5.73. The fraction of sp³-hybridized carbons (Fsp3) is 0.686. The summed E-state index contributed by atoms with van der Waals surface area (Å²) in [6.45, 7) is 19.5. The number of allylic oxidation sites excluding steroid dienone is 3. The van der Waals surface area contributed by atoms with Crippen LogP contribution in [0.3, 0.4) is 0 Å². The van der Waals surface area contributed by atoms with E-state index in [2.05, 4.69) is 6.58 Å². The molecule has 1 rings (SSSR count). The van der Waals surface area contributed by atoms with E-state index in [1.165, 1.54) is 0 Å². The molecule has 0 spiro atoms. The maximum atomic E-state index is 12.0. The van der Waals surface area contributed by atoms with Crippen molar-refractivity contribution in [1.82, 2.24) is 0 Å². The highest BCUT2D eigenvalue weighted by Crippen LogP contribution is 2.30. The van der Waals surface area contributed by atoms with Crippen LogP contribution in [0.2, 0.25) is 0 Å². The van der Waals surface area contributed by atoms with E-state index in [-0.39, 0.29) is 41.9 Å². The van der Waals surface area contributed by atoms with Crippen LogP contribution < -0.4 is 5.73 Å². The molecule has 0 saturated carbocycles. The summed E-state index contributed by atoms with van der Waals surface area (Å²) in [5.41, 5.74) is 6.30. The van der Waals surface area contributed by atoms with Crippen LogP contribution in [0.5, 0.6) is 0 Å². The predicted octanol–water partition coefficient (Wildman–Crippen LogP) is 4.39. The van der Waals surface area contributed by atoms with E-state index >= 15 is 0 Å². The van der Waals surface area contributed by atoms with E-state index in [0.29, 0.717) is 6.42 Å². The molecule has 0 aliphatic carbocycles. The molecule has 0 bridgehead atoms. The van der Waals surface area contributed by atoms with E-state index in [1.807, 2.05) is 53.7 Å². The Labute approximate surface area is 274 Å². The molecule has 1 amide bonds. The number of ether oxygens (including phenoxy) is 2. The first kappa shape index (κ1) is 43.0. The lowest BCUT2D eigenvalue weighted by Gasteiger charge is -2.36. The third kappa shape index (κ3) is 15.1. The normalized spacial score (nSPS) is 26.4. The van der Waals surface area contributed by atoms with Gasteiger partial charge in [0.25, 0.3) is 5.97 Å². The van der Waals surface area contributed by atoms with Crippen molar-refractivity contribution in [2.24, 2.45) is 47.2 Å². The number of aliphatic hydroxyl groups is 4. The second-order valence-corrected chi connectivity index (χ2v) is 13.0. The molecule has 1 heterocycles. The number of hydrogen-bond donors (Lipinski definition) is 6. The third-order valence-electron chi connectivity index (χ3n) is 8.62. The van der Waals surface area contributed by atoms with Crippen molar-refractivity contribution in [2.75, 3.05) is 0 Å². The van der Waals surface area contributed by atoms with Crippen LogP contribution in [0.25, 0.3) is 0 Å². The molecule has 1 saturated heterocycles. The monoisotopic (exact) mass is 653 g/mol. The number of hydrogen-bond acceptors (Lipinski definition) is 9. The second-order valence-electron chi connectivity index (χ2n) is 13.0. The van der Waals surface area contributed by atoms with Gasteiger partial charge in [0.15, 0.2) is 0 Å². The molecule has 264 valence electrons. The summed E-state index contributed by atoms with van der Waals surface area (Å²) in [7, 11) is 0. The number of carboxylic acids is 1. The van der Waals surface area contributed by atoms with Crippen LogP contribution in [0.15, 0.2) is 48.6 Å². The first-order chi connectivity index (χ1) is 21.2. The lowest BCUT2D eigenvalue weighted by molar-refractivity contribution is -0.179. The molecular weight excluding hydrogens is 594 g/mol. The van der Waals surface area contributed by atoms with Gasteiger partial charge < -0.3 is 40.7 Å². The number of carboxylic acid groups (broad SMARTS) is 1. The van der Waals surface area contributed by atoms with Gasteiger partial charge in [-0.15, -0.1) is 0 Å². The Bertz CT molecular complexity index is 1050. The summed E-state index contributed by atoms with van der Waals surface area (Å²) in [4.78, 5) is 32.5. The molecule has 46 heavy (non-hydrogen) atoms. The lowest BCUT2D eigenvalue weighted by atomic mass is 9.81. The van der Waals surface area contributed by atoms with Gasteiger partial charge >= 0.3 is 12.1 Å². The summed E-state index contributed by atoms with van der Waals surface area (Å²) >= 11 is 0. The smallest absolute Gasteiger partial charge is 0.404 e. The first-order valence-electron chi connectivity index (χ1n) is 16.0. The maximum absolute atomic E-state index is 12.0. The van der Waals surface area contributed by atoms with Crippen molar-refractivity contribution >= 4 is 18.0 Å². The van der Waals surface area contributed by atoms with Crippen LogP contribution >= 0.6 is 0 Å². The van der Waals surface area contributed by atoms with Gasteiger partial charge in [0, 0.05) is 42.9 Å². The number of aliphatic hydroxyl groups excluding tert-OH is 4. The molecule has 0 aromatic carbocycles. The van der Waals surface area contributed by atoms with Gasteiger partial charge in [-0.25, -0.2) is 4.79 Å². The highest BCUT2D eigenvalue weighted by atomic mass is 16.6. The Balaban J connectivity index is 0.00000476. The van der Waals surface area contributed by atoms with Gasteiger partial charge in [0.2, 0.25) is 0 Å². The van der Waals surface area contributed by atoms with Crippen molar-refractivity contribution in [2.45, 2.75) is 112 Å². The first-order valence-corrected chi connectivity index (χ1v) is 16.0. The van der Waals surface area contributed by atoms with Crippen molar-refractivity contribution in [3.8, 4) is 0 Å². The molecule has 7 N–H and O–H groups in total. The lowest BCUT2D eigenvalue weighted by Crippen LogP contribution is -2.47. The minimum absolute atomic E-state index is 0.152. The van der Waals surface area contributed by atoms with Crippen LogP contribution in [-0.4, -0.2) is 80.2 Å². The molecular formula is C35H59NO10. The van der Waals surface area contributed by atoms with E-state index in [1.54, 1.807) is 38.2 Å². The third-order valence-corrected chi connectivity index (χ3v) is 8.62. The standard InChI is InChI=1S/C33H55NO8.C2H4O2/c1-10-11-12-20(4)31(42-33(34)40)24(8)29(37)22(6)16-18(2)15-21(5)28(36)19(3)13-14-26(35)17-27-23(7)30(38)25(9)32(39)41-27;1-2(3)4/h10-15,19-31,35-38H,1,16-17H2,2-9H3,(H2,34,40);1H3,(H,3,4)/b12-11-,14-13-,18-15-;/t19-,20-,21-,22-,23-,24-,25+,26+,27-,28-,29+,30-,31-;/m0./s1. The number of nitrogens with two attached hydrogens (primary N) is 1. The molecule has 13 atom stereocenters. The molecule has 0 aromatic rings. The number of carbonyl (C=O) groups excluding carboxylic acids is 2. The van der Waals surface area contributed by atoms with Crippen molar-refractivity contribution in [1.29, 1.82) is 0 Å². The van der Waals surface area contributed by atoms with Gasteiger partial charge in [-0.1, -0.05) is 90.2 Å². The van der Waals surface area contributed by atoms with E-state index < -0.39 is 60.6 Å². The number of esters is 1. The van der Waals surface area contributed by atoms with E-state index in [0.717, 1.165) is 12.5 Å². The van der Waals surface area contributed by atoms with Crippen molar-refractivity contribution in [3.05, 3.63) is 48.6 Å². The summed E-state index contributed by atoms with van der Waals surface area (Å²) in [6.07, 6.45) is 6.04. The minimum atomic E-state index is -0.894. The number of rotatable bonds is 16. The predicted molar refractivity (Wildman–Crippen MR) is 177 cm³/mol. The largest absolute Gasteiger partial charge is 0.481 e. The molecule has 0 radical (unpaired) electrons. The van der Waals surface area contributed by atoms with E-state index in [4.69, 9.17) is 25.1 Å². The Morgan fingerprint density at radius 2 is 1.54 bits per heavy atom. The molecule has 0 unspecified atom stereocenters. The van der Waals surface area contributed by atoms with E-state index in [9.17, 15) is 30.0 Å². The molecule has 0 aromatic heterocycles. The fourth-order valence-electron chi connectivity index (χ4n) is 5.80. The van der Waals surface area contributed by atoms with Gasteiger partial charge in [0.05, 0.1) is 30.3 Å². The summed E-state index contributed by atoms with van der Waals surface area (Å²) in [5, 5.41) is 50.2. The number of aliphatic carboxylic acids is 1. The molecule has 1 aliphatic rings. The Morgan fingerprint density at radius 1 is 0.978 bits per heavy atom. The molecule has 1 fully saturated rings. The van der Waals surface area contributed by atoms with Gasteiger partial charge in [-0.3, -0.25) is 9.59 Å². The number of cyclic esters (lactones) is 1. The summed E-state index contributed by atoms with van der Waals surface area (Å²) in [5.74, 6) is -3.36. The molecule has 1 aliphatic heterocycles. The van der Waals surface area contributed by atoms with Crippen molar-refractivity contribution in [3.63, 3.8) is 0 Å².